The minimum absolute atomic E-state index is 0.00297. The minimum atomic E-state index is -0.321. The molecule has 1 amide bonds. The molecule has 28 heavy (non-hydrogen) atoms. The van der Waals surface area contributed by atoms with E-state index in [9.17, 15) is 9.59 Å². The SMILES string of the molecule is Cc1ccc(Cn2c(SC(C)C(=O)NC3CC3)nc3ccccc3c2=O)cc1. The molecule has 2 aromatic carbocycles. The number of thioether (sulfide) groups is 1. The minimum Gasteiger partial charge on any atom is -0.352 e. The van der Waals surface area contributed by atoms with Gasteiger partial charge in [0.15, 0.2) is 5.16 Å². The number of aryl methyl sites for hydroxylation is 1. The maximum atomic E-state index is 13.2. The van der Waals surface area contributed by atoms with Crippen molar-refractivity contribution in [1.82, 2.24) is 14.9 Å². The van der Waals surface area contributed by atoms with Gasteiger partial charge in [0.25, 0.3) is 5.56 Å². The van der Waals surface area contributed by atoms with Crippen molar-refractivity contribution in [1.29, 1.82) is 0 Å². The van der Waals surface area contributed by atoms with E-state index in [1.165, 1.54) is 17.3 Å². The van der Waals surface area contributed by atoms with Crippen LogP contribution in [0.2, 0.25) is 0 Å². The van der Waals surface area contributed by atoms with Crippen LogP contribution in [-0.4, -0.2) is 26.8 Å². The van der Waals surface area contributed by atoms with E-state index >= 15 is 0 Å². The molecule has 1 unspecified atom stereocenters. The number of hydrogen-bond donors (Lipinski definition) is 1. The molecule has 1 fully saturated rings. The molecule has 0 bridgehead atoms. The van der Waals surface area contributed by atoms with Crippen LogP contribution in [0.4, 0.5) is 0 Å². The van der Waals surface area contributed by atoms with E-state index in [0.29, 0.717) is 28.6 Å². The zero-order valence-corrected chi connectivity index (χ0v) is 16.8. The Hall–Kier alpha value is -2.60. The topological polar surface area (TPSA) is 64.0 Å². The fraction of sp³-hybridized carbons (Fsp3) is 0.318. The van der Waals surface area contributed by atoms with Crippen LogP contribution >= 0.6 is 11.8 Å². The van der Waals surface area contributed by atoms with Crippen molar-refractivity contribution in [2.24, 2.45) is 0 Å². The van der Waals surface area contributed by atoms with Crippen LogP contribution in [0.15, 0.2) is 58.5 Å². The van der Waals surface area contributed by atoms with Gasteiger partial charge in [0, 0.05) is 6.04 Å². The highest BCUT2D eigenvalue weighted by Gasteiger charge is 2.27. The number of para-hydroxylation sites is 1. The predicted octanol–water partition coefficient (Wildman–Crippen LogP) is 3.51. The molecule has 144 valence electrons. The predicted molar refractivity (Wildman–Crippen MR) is 113 cm³/mol. The highest BCUT2D eigenvalue weighted by Crippen LogP contribution is 2.25. The Morgan fingerprint density at radius 2 is 1.93 bits per heavy atom. The number of carbonyl (C=O) groups excluding carboxylic acids is 1. The number of amides is 1. The summed E-state index contributed by atoms with van der Waals surface area (Å²) in [7, 11) is 0. The fourth-order valence-electron chi connectivity index (χ4n) is 3.01. The quantitative estimate of drug-likeness (QED) is 0.514. The number of benzene rings is 2. The molecule has 0 saturated heterocycles. The first-order valence-corrected chi connectivity index (χ1v) is 10.4. The Balaban J connectivity index is 1.70. The molecule has 1 atom stereocenters. The molecule has 5 nitrogen and oxygen atoms in total. The smallest absolute Gasteiger partial charge is 0.262 e. The summed E-state index contributed by atoms with van der Waals surface area (Å²) in [6.07, 6.45) is 2.10. The molecular weight excluding hydrogens is 370 g/mol. The van der Waals surface area contributed by atoms with Gasteiger partial charge >= 0.3 is 0 Å². The van der Waals surface area contributed by atoms with Crippen LogP contribution in [0, 0.1) is 6.92 Å². The number of nitrogens with one attached hydrogen (secondary N) is 1. The van der Waals surface area contributed by atoms with E-state index in [1.54, 1.807) is 10.6 Å². The summed E-state index contributed by atoms with van der Waals surface area (Å²) in [6.45, 7) is 4.32. The van der Waals surface area contributed by atoms with Crippen molar-refractivity contribution in [3.63, 3.8) is 0 Å². The summed E-state index contributed by atoms with van der Waals surface area (Å²) in [5, 5.41) is 3.87. The Bertz CT molecular complexity index is 1070. The Morgan fingerprint density at radius 1 is 1.21 bits per heavy atom. The number of fused-ring (bicyclic) bond motifs is 1. The van der Waals surface area contributed by atoms with Gasteiger partial charge in [-0.1, -0.05) is 53.7 Å². The third-order valence-corrected chi connectivity index (χ3v) is 5.95. The van der Waals surface area contributed by atoms with Crippen LogP contribution in [0.1, 0.15) is 30.9 Å². The van der Waals surface area contributed by atoms with Gasteiger partial charge in [0.05, 0.1) is 22.7 Å². The lowest BCUT2D eigenvalue weighted by Gasteiger charge is -2.16. The first-order chi connectivity index (χ1) is 13.5. The lowest BCUT2D eigenvalue weighted by Crippen LogP contribution is -2.33. The van der Waals surface area contributed by atoms with Gasteiger partial charge in [-0.2, -0.15) is 0 Å². The number of carbonyl (C=O) groups is 1. The fourth-order valence-corrected chi connectivity index (χ4v) is 3.93. The molecule has 1 aromatic heterocycles. The van der Waals surface area contributed by atoms with Gasteiger partial charge in [-0.3, -0.25) is 14.2 Å². The lowest BCUT2D eigenvalue weighted by atomic mass is 10.1. The summed E-state index contributed by atoms with van der Waals surface area (Å²) < 4.78 is 1.68. The number of nitrogens with zero attached hydrogens (tertiary/aromatic N) is 2. The average Bonchev–Trinajstić information content (AvgIpc) is 3.50. The normalized spacial score (nSPS) is 14.8. The maximum Gasteiger partial charge on any atom is 0.262 e. The molecule has 0 aliphatic heterocycles. The lowest BCUT2D eigenvalue weighted by molar-refractivity contribution is -0.120. The molecule has 0 radical (unpaired) electrons. The van der Waals surface area contributed by atoms with E-state index in [1.807, 2.05) is 56.3 Å². The first kappa shape index (κ1) is 18.7. The molecule has 6 heteroatoms. The van der Waals surface area contributed by atoms with E-state index in [0.717, 1.165) is 18.4 Å². The third kappa shape index (κ3) is 4.12. The number of aromatic nitrogens is 2. The Kier molecular flexibility index (Phi) is 5.22. The van der Waals surface area contributed by atoms with Gasteiger partial charge in [0.1, 0.15) is 0 Å². The number of hydrogen-bond acceptors (Lipinski definition) is 4. The van der Waals surface area contributed by atoms with Crippen LogP contribution in [0.5, 0.6) is 0 Å². The van der Waals surface area contributed by atoms with Gasteiger partial charge < -0.3 is 5.32 Å². The third-order valence-electron chi connectivity index (χ3n) is 4.86. The Labute approximate surface area is 168 Å². The molecule has 3 aromatic rings. The zero-order chi connectivity index (χ0) is 19.7. The molecule has 0 spiro atoms. The van der Waals surface area contributed by atoms with Crippen molar-refractivity contribution in [2.75, 3.05) is 0 Å². The van der Waals surface area contributed by atoms with E-state index in [4.69, 9.17) is 4.98 Å². The van der Waals surface area contributed by atoms with Crippen LogP contribution in [0.3, 0.4) is 0 Å². The van der Waals surface area contributed by atoms with Gasteiger partial charge in [0.2, 0.25) is 5.91 Å². The van der Waals surface area contributed by atoms with E-state index in [-0.39, 0.29) is 16.7 Å². The monoisotopic (exact) mass is 393 g/mol. The van der Waals surface area contributed by atoms with Gasteiger partial charge in [-0.15, -0.1) is 0 Å². The molecule has 1 saturated carbocycles. The summed E-state index contributed by atoms with van der Waals surface area (Å²) in [5.74, 6) is -0.00297. The van der Waals surface area contributed by atoms with Gasteiger partial charge in [-0.05, 0) is 44.4 Å². The van der Waals surface area contributed by atoms with Crippen LogP contribution < -0.4 is 10.9 Å². The summed E-state index contributed by atoms with van der Waals surface area (Å²) in [4.78, 5) is 30.3. The van der Waals surface area contributed by atoms with Crippen molar-refractivity contribution in [2.45, 2.75) is 49.7 Å². The van der Waals surface area contributed by atoms with E-state index < -0.39 is 0 Å². The van der Waals surface area contributed by atoms with Gasteiger partial charge in [-0.25, -0.2) is 4.98 Å². The Morgan fingerprint density at radius 3 is 2.64 bits per heavy atom. The second kappa shape index (κ2) is 7.80. The highest BCUT2D eigenvalue weighted by atomic mass is 32.2. The van der Waals surface area contributed by atoms with Crippen LogP contribution in [-0.2, 0) is 11.3 Å². The molecule has 1 aliphatic carbocycles. The van der Waals surface area contributed by atoms with Crippen molar-refractivity contribution < 1.29 is 4.79 Å². The second-order valence-electron chi connectivity index (χ2n) is 7.33. The number of rotatable bonds is 6. The molecule has 1 heterocycles. The maximum absolute atomic E-state index is 13.2. The van der Waals surface area contributed by atoms with Crippen molar-refractivity contribution in [3.05, 3.63) is 70.0 Å². The first-order valence-electron chi connectivity index (χ1n) is 9.53. The molecule has 4 rings (SSSR count). The van der Waals surface area contributed by atoms with E-state index in [2.05, 4.69) is 5.32 Å². The standard InChI is InChI=1S/C22H23N3O2S/c1-14-7-9-16(10-8-14)13-25-21(27)18-5-3-4-6-19(18)24-22(25)28-15(2)20(26)23-17-11-12-17/h3-10,15,17H,11-13H2,1-2H3,(H,23,26). The summed E-state index contributed by atoms with van der Waals surface area (Å²) >= 11 is 1.34. The van der Waals surface area contributed by atoms with Crippen molar-refractivity contribution >= 4 is 28.6 Å². The van der Waals surface area contributed by atoms with Crippen molar-refractivity contribution in [3.8, 4) is 0 Å². The summed E-state index contributed by atoms with van der Waals surface area (Å²) in [5.41, 5.74) is 2.78. The summed E-state index contributed by atoms with van der Waals surface area (Å²) in [6, 6.07) is 15.8. The average molecular weight is 394 g/mol. The zero-order valence-electron chi connectivity index (χ0n) is 16.0. The molecule has 1 aliphatic rings. The highest BCUT2D eigenvalue weighted by molar-refractivity contribution is 8.00. The van der Waals surface area contributed by atoms with Crippen LogP contribution in [0.25, 0.3) is 10.9 Å². The molecule has 1 N–H and O–H groups in total. The largest absolute Gasteiger partial charge is 0.352 e. The second-order valence-corrected chi connectivity index (χ2v) is 8.64. The molecular formula is C22H23N3O2S.